The second-order valence-corrected chi connectivity index (χ2v) is 6.69. The van der Waals surface area contributed by atoms with Crippen molar-refractivity contribution in [2.75, 3.05) is 19.7 Å². The normalized spacial score (nSPS) is 22.0. The van der Waals surface area contributed by atoms with E-state index in [1.165, 1.54) is 4.31 Å². The predicted octanol–water partition coefficient (Wildman–Crippen LogP) is 1.55. The molecule has 0 radical (unpaired) electrons. The molecule has 1 unspecified atom stereocenters. The molecule has 1 atom stereocenters. The van der Waals surface area contributed by atoms with Crippen molar-refractivity contribution in [1.29, 1.82) is 0 Å². The number of benzene rings is 1. The first-order valence-corrected chi connectivity index (χ1v) is 7.74. The van der Waals surface area contributed by atoms with E-state index in [0.717, 1.165) is 11.1 Å². The highest BCUT2D eigenvalue weighted by Crippen LogP contribution is 2.17. The van der Waals surface area contributed by atoms with Gasteiger partial charge in [0.05, 0.1) is 18.5 Å². The van der Waals surface area contributed by atoms with Crippen LogP contribution in [-0.2, 0) is 20.5 Å². The molecule has 1 aromatic rings. The van der Waals surface area contributed by atoms with Gasteiger partial charge in [-0.1, -0.05) is 24.3 Å². The minimum Gasteiger partial charge on any atom is -0.376 e. The molecule has 0 amide bonds. The number of rotatable bonds is 3. The Bertz CT molecular complexity index is 513. The topological polar surface area (TPSA) is 46.6 Å². The van der Waals surface area contributed by atoms with E-state index < -0.39 is 10.0 Å². The van der Waals surface area contributed by atoms with Crippen LogP contribution in [0.4, 0.5) is 0 Å². The van der Waals surface area contributed by atoms with Gasteiger partial charge in [0, 0.05) is 13.1 Å². The average molecular weight is 269 g/mol. The van der Waals surface area contributed by atoms with Crippen LogP contribution in [0.2, 0.25) is 0 Å². The molecule has 0 saturated carbocycles. The minimum absolute atomic E-state index is 0.0228. The Morgan fingerprint density at radius 3 is 2.78 bits per heavy atom. The third-order valence-corrected chi connectivity index (χ3v) is 4.99. The van der Waals surface area contributed by atoms with Gasteiger partial charge in [0.1, 0.15) is 0 Å². The zero-order valence-corrected chi connectivity index (χ0v) is 11.6. The molecule has 5 heteroatoms. The zero-order valence-electron chi connectivity index (χ0n) is 10.8. The summed E-state index contributed by atoms with van der Waals surface area (Å²) in [4.78, 5) is 0. The Labute approximate surface area is 109 Å². The fourth-order valence-corrected chi connectivity index (χ4v) is 3.79. The third-order valence-electron chi connectivity index (χ3n) is 3.20. The van der Waals surface area contributed by atoms with E-state index in [0.29, 0.717) is 19.7 Å². The lowest BCUT2D eigenvalue weighted by atomic mass is 10.1. The van der Waals surface area contributed by atoms with E-state index in [1.807, 2.05) is 38.1 Å². The number of hydrogen-bond donors (Lipinski definition) is 0. The zero-order chi connectivity index (χ0) is 13.2. The van der Waals surface area contributed by atoms with Crippen LogP contribution >= 0.6 is 0 Å². The molecule has 0 spiro atoms. The first kappa shape index (κ1) is 13.5. The second kappa shape index (κ2) is 5.38. The molecule has 0 bridgehead atoms. The van der Waals surface area contributed by atoms with Crippen molar-refractivity contribution in [2.24, 2.45) is 0 Å². The number of ether oxygens (including phenoxy) is 1. The molecule has 18 heavy (non-hydrogen) atoms. The Kier molecular flexibility index (Phi) is 4.04. The standard InChI is InChI=1S/C13H19NO3S/c1-11-5-3-4-6-13(11)10-18(15,16)14-7-8-17-12(2)9-14/h3-6,12H,7-10H2,1-2H3. The van der Waals surface area contributed by atoms with Gasteiger partial charge in [-0.3, -0.25) is 0 Å². The Morgan fingerprint density at radius 2 is 2.11 bits per heavy atom. The number of sulfonamides is 1. The summed E-state index contributed by atoms with van der Waals surface area (Å²) in [6.07, 6.45) is -0.0228. The monoisotopic (exact) mass is 269 g/mol. The predicted molar refractivity (Wildman–Crippen MR) is 70.8 cm³/mol. The van der Waals surface area contributed by atoms with Crippen molar-refractivity contribution in [3.05, 3.63) is 35.4 Å². The number of morpholine rings is 1. The van der Waals surface area contributed by atoms with Crippen molar-refractivity contribution < 1.29 is 13.2 Å². The average Bonchev–Trinajstić information content (AvgIpc) is 2.32. The molecule has 1 aliphatic heterocycles. The van der Waals surface area contributed by atoms with Crippen molar-refractivity contribution in [1.82, 2.24) is 4.31 Å². The van der Waals surface area contributed by atoms with Crippen LogP contribution in [0.15, 0.2) is 24.3 Å². The van der Waals surface area contributed by atoms with Gasteiger partial charge in [-0.2, -0.15) is 4.31 Å². The molecular formula is C13H19NO3S. The molecule has 4 nitrogen and oxygen atoms in total. The van der Waals surface area contributed by atoms with Gasteiger partial charge in [-0.25, -0.2) is 8.42 Å². The van der Waals surface area contributed by atoms with Crippen molar-refractivity contribution in [2.45, 2.75) is 25.7 Å². The van der Waals surface area contributed by atoms with E-state index in [4.69, 9.17) is 4.74 Å². The molecule has 1 fully saturated rings. The molecule has 100 valence electrons. The molecule has 0 N–H and O–H groups in total. The van der Waals surface area contributed by atoms with Crippen LogP contribution in [0.1, 0.15) is 18.1 Å². The smallest absolute Gasteiger partial charge is 0.218 e. The second-order valence-electron chi connectivity index (χ2n) is 4.72. The summed E-state index contributed by atoms with van der Waals surface area (Å²) in [5.74, 6) is 0.0758. The van der Waals surface area contributed by atoms with Crippen molar-refractivity contribution in [3.8, 4) is 0 Å². The summed E-state index contributed by atoms with van der Waals surface area (Å²) in [6, 6.07) is 7.60. The van der Waals surface area contributed by atoms with Gasteiger partial charge in [0.2, 0.25) is 10.0 Å². The van der Waals surface area contributed by atoms with Crippen LogP contribution in [0, 0.1) is 6.92 Å². The molecule has 1 heterocycles. The summed E-state index contributed by atoms with van der Waals surface area (Å²) >= 11 is 0. The molecular weight excluding hydrogens is 250 g/mol. The van der Waals surface area contributed by atoms with Crippen LogP contribution in [0.25, 0.3) is 0 Å². The number of aryl methyl sites for hydroxylation is 1. The van der Waals surface area contributed by atoms with E-state index in [2.05, 4.69) is 0 Å². The summed E-state index contributed by atoms with van der Waals surface area (Å²) in [5, 5.41) is 0. The summed E-state index contributed by atoms with van der Waals surface area (Å²) in [5.41, 5.74) is 1.89. The molecule has 1 saturated heterocycles. The molecule has 2 rings (SSSR count). The highest BCUT2D eigenvalue weighted by molar-refractivity contribution is 7.88. The Morgan fingerprint density at radius 1 is 1.39 bits per heavy atom. The Hall–Kier alpha value is -0.910. The van der Waals surface area contributed by atoms with E-state index in [1.54, 1.807) is 0 Å². The van der Waals surface area contributed by atoms with Gasteiger partial charge in [0.25, 0.3) is 0 Å². The summed E-state index contributed by atoms with van der Waals surface area (Å²) in [6.45, 7) is 5.23. The minimum atomic E-state index is -3.24. The maximum absolute atomic E-state index is 12.3. The van der Waals surface area contributed by atoms with E-state index >= 15 is 0 Å². The lowest BCUT2D eigenvalue weighted by Crippen LogP contribution is -2.44. The highest BCUT2D eigenvalue weighted by atomic mass is 32.2. The van der Waals surface area contributed by atoms with Gasteiger partial charge in [0.15, 0.2) is 0 Å². The van der Waals surface area contributed by atoms with Crippen LogP contribution < -0.4 is 0 Å². The molecule has 1 aliphatic rings. The van der Waals surface area contributed by atoms with Crippen LogP contribution in [0.5, 0.6) is 0 Å². The van der Waals surface area contributed by atoms with Crippen LogP contribution in [0.3, 0.4) is 0 Å². The number of hydrogen-bond acceptors (Lipinski definition) is 3. The van der Waals surface area contributed by atoms with Gasteiger partial charge >= 0.3 is 0 Å². The maximum atomic E-state index is 12.3. The fraction of sp³-hybridized carbons (Fsp3) is 0.538. The quantitative estimate of drug-likeness (QED) is 0.836. The SMILES string of the molecule is Cc1ccccc1CS(=O)(=O)N1CCOC(C)C1. The highest BCUT2D eigenvalue weighted by Gasteiger charge is 2.27. The lowest BCUT2D eigenvalue weighted by molar-refractivity contribution is 0.0101. The summed E-state index contributed by atoms with van der Waals surface area (Å²) < 4.78 is 31.6. The first-order chi connectivity index (χ1) is 8.49. The maximum Gasteiger partial charge on any atom is 0.218 e. The molecule has 0 aliphatic carbocycles. The largest absolute Gasteiger partial charge is 0.376 e. The summed E-state index contributed by atoms with van der Waals surface area (Å²) in [7, 11) is -3.24. The molecule has 1 aromatic carbocycles. The van der Waals surface area contributed by atoms with Crippen molar-refractivity contribution in [3.63, 3.8) is 0 Å². The fourth-order valence-electron chi connectivity index (χ4n) is 2.10. The number of nitrogens with zero attached hydrogens (tertiary/aromatic N) is 1. The van der Waals surface area contributed by atoms with Gasteiger partial charge in [-0.05, 0) is 25.0 Å². The van der Waals surface area contributed by atoms with E-state index in [9.17, 15) is 8.42 Å². The Balaban J connectivity index is 2.14. The van der Waals surface area contributed by atoms with E-state index in [-0.39, 0.29) is 11.9 Å². The lowest BCUT2D eigenvalue weighted by Gasteiger charge is -2.30. The molecule has 0 aromatic heterocycles. The van der Waals surface area contributed by atoms with Gasteiger partial charge in [-0.15, -0.1) is 0 Å². The first-order valence-electron chi connectivity index (χ1n) is 6.13. The van der Waals surface area contributed by atoms with Gasteiger partial charge < -0.3 is 4.74 Å². The third kappa shape index (κ3) is 3.10. The van der Waals surface area contributed by atoms with Crippen molar-refractivity contribution >= 4 is 10.0 Å². The van der Waals surface area contributed by atoms with Crippen LogP contribution in [-0.4, -0.2) is 38.5 Å².